The lowest BCUT2D eigenvalue weighted by Crippen LogP contribution is -2.43. The number of methoxy groups -OCH3 is 1. The first kappa shape index (κ1) is 18.4. The molecule has 2 atom stereocenters. The van der Waals surface area contributed by atoms with Crippen molar-refractivity contribution < 1.29 is 14.6 Å². The third-order valence-electron chi connectivity index (χ3n) is 5.21. The summed E-state index contributed by atoms with van der Waals surface area (Å²) < 4.78 is 5.44. The zero-order chi connectivity index (χ0) is 19.8. The van der Waals surface area contributed by atoms with Crippen molar-refractivity contribution in [3.8, 4) is 17.0 Å². The summed E-state index contributed by atoms with van der Waals surface area (Å²) >= 11 is 0. The molecule has 1 aliphatic rings. The summed E-state index contributed by atoms with van der Waals surface area (Å²) in [6.07, 6.45) is -0.0643. The highest BCUT2D eigenvalue weighted by molar-refractivity contribution is 6.07. The number of rotatable bonds is 4. The van der Waals surface area contributed by atoms with Crippen LogP contribution < -0.4 is 10.6 Å². The summed E-state index contributed by atoms with van der Waals surface area (Å²) in [4.78, 5) is 17.8. The molecular formula is C20H23N5O3. The molecule has 0 aliphatic carbocycles. The van der Waals surface area contributed by atoms with E-state index in [4.69, 9.17) is 4.74 Å². The molecule has 3 heterocycles. The number of nitrogens with one attached hydrogen (secondary N) is 3. The van der Waals surface area contributed by atoms with Gasteiger partial charge in [0.25, 0.3) is 5.91 Å². The molecule has 2 aromatic heterocycles. The topological polar surface area (TPSA) is 112 Å². The Labute approximate surface area is 162 Å². The maximum atomic E-state index is 13.1. The van der Waals surface area contributed by atoms with Crippen LogP contribution in [-0.2, 0) is 4.74 Å². The summed E-state index contributed by atoms with van der Waals surface area (Å²) in [6, 6.07) is 6.75. The number of aromatic nitrogens is 3. The number of aromatic hydroxyl groups is 1. The number of carbonyl (C=O) groups is 1. The predicted octanol–water partition coefficient (Wildman–Crippen LogP) is 1.66. The number of phenolic OH excluding ortho intramolecular Hbond substituents is 1. The predicted molar refractivity (Wildman–Crippen MR) is 105 cm³/mol. The average Bonchev–Trinajstić information content (AvgIpc) is 3.27. The van der Waals surface area contributed by atoms with E-state index in [-0.39, 0.29) is 23.8 Å². The number of fused-ring (bicyclic) bond motifs is 1. The van der Waals surface area contributed by atoms with Gasteiger partial charge in [0.2, 0.25) is 0 Å². The van der Waals surface area contributed by atoms with Crippen molar-refractivity contribution in [2.24, 2.45) is 0 Å². The quantitative estimate of drug-likeness (QED) is 0.547. The highest BCUT2D eigenvalue weighted by atomic mass is 16.5. The fourth-order valence-corrected chi connectivity index (χ4v) is 3.72. The molecule has 8 nitrogen and oxygen atoms in total. The molecule has 1 fully saturated rings. The Morgan fingerprint density at radius 3 is 2.86 bits per heavy atom. The Morgan fingerprint density at radius 2 is 2.11 bits per heavy atom. The molecule has 1 aliphatic heterocycles. The number of aryl methyl sites for hydroxylation is 2. The first-order valence-corrected chi connectivity index (χ1v) is 9.18. The lowest BCUT2D eigenvalue weighted by Gasteiger charge is -2.19. The Morgan fingerprint density at radius 1 is 1.29 bits per heavy atom. The molecule has 28 heavy (non-hydrogen) atoms. The molecule has 0 saturated carbocycles. The van der Waals surface area contributed by atoms with Gasteiger partial charge in [0.1, 0.15) is 5.75 Å². The molecule has 1 aromatic carbocycles. The van der Waals surface area contributed by atoms with E-state index in [9.17, 15) is 9.90 Å². The fraction of sp³-hybridized carbons (Fsp3) is 0.350. The van der Waals surface area contributed by atoms with E-state index in [1.807, 2.05) is 13.8 Å². The molecule has 0 spiro atoms. The van der Waals surface area contributed by atoms with Gasteiger partial charge in [0.15, 0.2) is 5.65 Å². The molecule has 0 bridgehead atoms. The van der Waals surface area contributed by atoms with Gasteiger partial charge in [-0.3, -0.25) is 9.89 Å². The summed E-state index contributed by atoms with van der Waals surface area (Å²) in [7, 11) is 1.65. The van der Waals surface area contributed by atoms with E-state index < -0.39 is 0 Å². The number of H-pyrrole nitrogens is 1. The molecule has 1 amide bonds. The van der Waals surface area contributed by atoms with Gasteiger partial charge in [0.05, 0.1) is 28.8 Å². The summed E-state index contributed by atoms with van der Waals surface area (Å²) in [5.41, 5.74) is 4.13. The Kier molecular flexibility index (Phi) is 4.74. The average molecular weight is 381 g/mol. The van der Waals surface area contributed by atoms with Crippen molar-refractivity contribution in [2.75, 3.05) is 20.2 Å². The van der Waals surface area contributed by atoms with Crippen LogP contribution in [-0.4, -0.2) is 58.5 Å². The zero-order valence-corrected chi connectivity index (χ0v) is 16.0. The SMILES string of the molecule is COC1CNCC1NC(=O)c1cc(-c2ccc(O)cc2C)nc2n[nH]c(C)c12. The second-order valence-corrected chi connectivity index (χ2v) is 7.11. The largest absolute Gasteiger partial charge is 0.508 e. The second-order valence-electron chi connectivity index (χ2n) is 7.11. The number of pyridine rings is 1. The lowest BCUT2D eigenvalue weighted by atomic mass is 10.0. The van der Waals surface area contributed by atoms with Gasteiger partial charge in [-0.1, -0.05) is 0 Å². The molecule has 3 aromatic rings. The van der Waals surface area contributed by atoms with Crippen LogP contribution in [0.4, 0.5) is 0 Å². The number of aromatic amines is 1. The van der Waals surface area contributed by atoms with Gasteiger partial charge in [0, 0.05) is 31.5 Å². The highest BCUT2D eigenvalue weighted by Gasteiger charge is 2.29. The number of ether oxygens (including phenoxy) is 1. The minimum Gasteiger partial charge on any atom is -0.508 e. The van der Waals surface area contributed by atoms with Crippen LogP contribution in [0.1, 0.15) is 21.6 Å². The summed E-state index contributed by atoms with van der Waals surface area (Å²) in [5.74, 6) is 0.000538. The number of hydrogen-bond acceptors (Lipinski definition) is 6. The molecule has 146 valence electrons. The van der Waals surface area contributed by atoms with Gasteiger partial charge in [-0.15, -0.1) is 0 Å². The number of phenols is 1. The fourth-order valence-electron chi connectivity index (χ4n) is 3.72. The van der Waals surface area contributed by atoms with Gasteiger partial charge < -0.3 is 20.5 Å². The number of nitrogens with zero attached hydrogens (tertiary/aromatic N) is 2. The number of amides is 1. The molecule has 2 unspecified atom stereocenters. The van der Waals surface area contributed by atoms with Gasteiger partial charge in [-0.25, -0.2) is 4.98 Å². The van der Waals surface area contributed by atoms with E-state index in [2.05, 4.69) is 25.8 Å². The zero-order valence-electron chi connectivity index (χ0n) is 16.0. The van der Waals surface area contributed by atoms with E-state index >= 15 is 0 Å². The van der Waals surface area contributed by atoms with Crippen LogP contribution in [0.15, 0.2) is 24.3 Å². The number of hydrogen-bond donors (Lipinski definition) is 4. The van der Waals surface area contributed by atoms with Gasteiger partial charge >= 0.3 is 0 Å². The molecule has 4 N–H and O–H groups in total. The van der Waals surface area contributed by atoms with Crippen molar-refractivity contribution >= 4 is 16.9 Å². The first-order chi connectivity index (χ1) is 13.5. The van der Waals surface area contributed by atoms with Crippen molar-refractivity contribution in [3.05, 3.63) is 41.1 Å². The molecule has 4 rings (SSSR count). The number of benzene rings is 1. The van der Waals surface area contributed by atoms with Crippen molar-refractivity contribution in [2.45, 2.75) is 26.0 Å². The lowest BCUT2D eigenvalue weighted by molar-refractivity contribution is 0.0781. The van der Waals surface area contributed by atoms with Crippen molar-refractivity contribution in [1.82, 2.24) is 25.8 Å². The summed E-state index contributed by atoms with van der Waals surface area (Å²) in [5, 5.41) is 23.9. The minimum atomic E-state index is -0.190. The molecule has 8 heteroatoms. The van der Waals surface area contributed by atoms with E-state index in [1.54, 1.807) is 31.4 Å². The van der Waals surface area contributed by atoms with Crippen LogP contribution in [0.25, 0.3) is 22.3 Å². The van der Waals surface area contributed by atoms with Crippen LogP contribution in [0.5, 0.6) is 5.75 Å². The molecular weight excluding hydrogens is 358 g/mol. The summed E-state index contributed by atoms with van der Waals surface area (Å²) in [6.45, 7) is 5.13. The van der Waals surface area contributed by atoms with Gasteiger partial charge in [-0.05, 0) is 43.7 Å². The van der Waals surface area contributed by atoms with Crippen LogP contribution in [0.2, 0.25) is 0 Å². The minimum absolute atomic E-state index is 0.0643. The normalized spacial score (nSPS) is 19.2. The third kappa shape index (κ3) is 3.21. The third-order valence-corrected chi connectivity index (χ3v) is 5.21. The van der Waals surface area contributed by atoms with E-state index in [1.165, 1.54) is 0 Å². The van der Waals surface area contributed by atoms with E-state index in [0.29, 0.717) is 35.4 Å². The standard InChI is InChI=1S/C20H23N5O3/c1-10-6-12(26)4-5-13(10)15-7-14(18-11(2)24-25-19(18)22-15)20(27)23-16-8-21-9-17(16)28-3/h4-7,16-17,21,26H,8-9H2,1-3H3,(H,23,27)(H,22,24,25). The second kappa shape index (κ2) is 7.21. The van der Waals surface area contributed by atoms with Gasteiger partial charge in [-0.2, -0.15) is 5.10 Å². The van der Waals surface area contributed by atoms with Crippen LogP contribution in [0, 0.1) is 13.8 Å². The monoisotopic (exact) mass is 381 g/mol. The van der Waals surface area contributed by atoms with Crippen LogP contribution >= 0.6 is 0 Å². The molecule has 1 saturated heterocycles. The Hall–Kier alpha value is -2.97. The Balaban J connectivity index is 1.78. The smallest absolute Gasteiger partial charge is 0.252 e. The van der Waals surface area contributed by atoms with Crippen molar-refractivity contribution in [3.63, 3.8) is 0 Å². The Bertz CT molecular complexity index is 1050. The maximum Gasteiger partial charge on any atom is 0.252 e. The maximum absolute atomic E-state index is 13.1. The first-order valence-electron chi connectivity index (χ1n) is 9.18. The van der Waals surface area contributed by atoms with Crippen LogP contribution in [0.3, 0.4) is 0 Å². The molecule has 0 radical (unpaired) electrons. The van der Waals surface area contributed by atoms with E-state index in [0.717, 1.165) is 16.8 Å². The highest BCUT2D eigenvalue weighted by Crippen LogP contribution is 2.29. The number of carbonyl (C=O) groups excluding carboxylic acids is 1. The van der Waals surface area contributed by atoms with Crippen molar-refractivity contribution in [1.29, 1.82) is 0 Å².